The van der Waals surface area contributed by atoms with Gasteiger partial charge in [0.05, 0.1) is 0 Å². The van der Waals surface area contributed by atoms with E-state index in [4.69, 9.17) is 0 Å². The molecule has 1 fully saturated rings. The average molecular weight is 145 g/mol. The minimum absolute atomic E-state index is 0.448. The minimum Gasteiger partial charge on any atom is -0.303 e. The largest absolute Gasteiger partial charge is 0.303 e. The van der Waals surface area contributed by atoms with Crippen LogP contribution >= 0.6 is 12.6 Å². The van der Waals surface area contributed by atoms with Crippen LogP contribution in [-0.2, 0) is 0 Å². The van der Waals surface area contributed by atoms with Crippen LogP contribution in [0, 0.1) is 0 Å². The first-order chi connectivity index (χ1) is 4.09. The van der Waals surface area contributed by atoms with E-state index in [1.807, 2.05) is 0 Å². The van der Waals surface area contributed by atoms with Crippen LogP contribution in [0.25, 0.3) is 0 Å². The van der Waals surface area contributed by atoms with Crippen LogP contribution in [0.1, 0.15) is 19.8 Å². The second-order valence-electron chi connectivity index (χ2n) is 3.17. The fourth-order valence-electron chi connectivity index (χ4n) is 1.37. The molecule has 9 heavy (non-hydrogen) atoms. The Labute approximate surface area is 62.8 Å². The van der Waals surface area contributed by atoms with E-state index in [2.05, 4.69) is 38.5 Å². The van der Waals surface area contributed by atoms with Crippen molar-refractivity contribution in [1.29, 1.82) is 0 Å². The van der Waals surface area contributed by atoms with Crippen molar-refractivity contribution in [1.82, 2.24) is 4.90 Å². The third-order valence-electron chi connectivity index (χ3n) is 2.43. The van der Waals surface area contributed by atoms with Crippen molar-refractivity contribution in [3.05, 3.63) is 0 Å². The zero-order chi connectivity index (χ0) is 7.07. The average Bonchev–Trinajstić information content (AvgIpc) is 2.40. The second kappa shape index (κ2) is 2.17. The molecule has 1 atom stereocenters. The quantitative estimate of drug-likeness (QED) is 0.575. The van der Waals surface area contributed by atoms with Gasteiger partial charge in [0.1, 0.15) is 0 Å². The maximum absolute atomic E-state index is 4.44. The van der Waals surface area contributed by atoms with Gasteiger partial charge in [-0.25, -0.2) is 0 Å². The second-order valence-corrected chi connectivity index (χ2v) is 3.95. The molecular weight excluding hydrogens is 130 g/mol. The molecule has 0 aromatic heterocycles. The third-order valence-corrected chi connectivity index (χ3v) is 2.91. The number of rotatable bonds is 2. The van der Waals surface area contributed by atoms with Gasteiger partial charge in [0.25, 0.3) is 0 Å². The zero-order valence-corrected chi connectivity index (χ0v) is 7.28. The first kappa shape index (κ1) is 7.42. The third kappa shape index (κ3) is 1.10. The lowest BCUT2D eigenvalue weighted by Gasteiger charge is -2.26. The number of nitrogens with zero attached hydrogens (tertiary/aromatic N) is 1. The normalized spacial score (nSPS) is 26.3. The van der Waals surface area contributed by atoms with Crippen molar-refractivity contribution in [2.75, 3.05) is 14.1 Å². The Bertz CT molecular complexity index is 95.5. The summed E-state index contributed by atoms with van der Waals surface area (Å²) in [5.74, 6) is 0. The van der Waals surface area contributed by atoms with Gasteiger partial charge < -0.3 is 4.90 Å². The monoisotopic (exact) mass is 145 g/mol. The van der Waals surface area contributed by atoms with Crippen LogP contribution in [-0.4, -0.2) is 29.8 Å². The lowest BCUT2D eigenvalue weighted by atomic mass is 10.2. The highest BCUT2D eigenvalue weighted by atomic mass is 32.1. The number of thiol groups is 1. The van der Waals surface area contributed by atoms with Gasteiger partial charge in [-0.1, -0.05) is 6.92 Å². The summed E-state index contributed by atoms with van der Waals surface area (Å²) in [6.45, 7) is 2.18. The van der Waals surface area contributed by atoms with Gasteiger partial charge in [-0.3, -0.25) is 0 Å². The van der Waals surface area contributed by atoms with Crippen LogP contribution in [0.3, 0.4) is 0 Å². The van der Waals surface area contributed by atoms with Gasteiger partial charge in [0.2, 0.25) is 0 Å². The Kier molecular flexibility index (Phi) is 1.79. The van der Waals surface area contributed by atoms with E-state index in [1.165, 1.54) is 12.8 Å². The van der Waals surface area contributed by atoms with E-state index >= 15 is 0 Å². The molecule has 0 N–H and O–H groups in total. The topological polar surface area (TPSA) is 3.24 Å². The SMILES string of the molecule is CC(S)C1(N(C)C)CC1. The minimum atomic E-state index is 0.448. The first-order valence-electron chi connectivity index (χ1n) is 3.45. The molecule has 1 aliphatic carbocycles. The van der Waals surface area contributed by atoms with E-state index in [0.29, 0.717) is 10.8 Å². The predicted octanol–water partition coefficient (Wildman–Crippen LogP) is 1.40. The smallest absolute Gasteiger partial charge is 0.0318 e. The molecule has 1 nitrogen and oxygen atoms in total. The summed E-state index contributed by atoms with van der Waals surface area (Å²) in [5, 5.41) is 0.521. The fraction of sp³-hybridized carbons (Fsp3) is 1.00. The molecule has 2 heteroatoms. The summed E-state index contributed by atoms with van der Waals surface area (Å²) in [5.41, 5.74) is 0.448. The molecule has 0 spiro atoms. The summed E-state index contributed by atoms with van der Waals surface area (Å²) in [4.78, 5) is 2.30. The Balaban J connectivity index is 2.52. The molecule has 0 aliphatic heterocycles. The molecule has 1 saturated carbocycles. The summed E-state index contributed by atoms with van der Waals surface area (Å²) in [6.07, 6.45) is 2.65. The van der Waals surface area contributed by atoms with Gasteiger partial charge >= 0.3 is 0 Å². The Morgan fingerprint density at radius 1 is 1.44 bits per heavy atom. The first-order valence-corrected chi connectivity index (χ1v) is 3.97. The van der Waals surface area contributed by atoms with Gasteiger partial charge in [-0.15, -0.1) is 0 Å². The van der Waals surface area contributed by atoms with Crippen molar-refractivity contribution < 1.29 is 0 Å². The zero-order valence-electron chi connectivity index (χ0n) is 6.39. The molecule has 1 aliphatic rings. The van der Waals surface area contributed by atoms with Crippen molar-refractivity contribution >= 4 is 12.6 Å². The molecule has 1 rings (SSSR count). The summed E-state index contributed by atoms with van der Waals surface area (Å²) in [6, 6.07) is 0. The van der Waals surface area contributed by atoms with Crippen LogP contribution in [0.5, 0.6) is 0 Å². The van der Waals surface area contributed by atoms with Gasteiger partial charge in [0, 0.05) is 10.8 Å². The molecule has 0 saturated heterocycles. The maximum atomic E-state index is 4.44. The van der Waals surface area contributed by atoms with E-state index in [1.54, 1.807) is 0 Å². The summed E-state index contributed by atoms with van der Waals surface area (Å²) >= 11 is 4.44. The molecular formula is C7H15NS. The highest BCUT2D eigenvalue weighted by Crippen LogP contribution is 2.44. The molecule has 0 aromatic carbocycles. The molecule has 0 bridgehead atoms. The predicted molar refractivity (Wildman–Crippen MR) is 44.1 cm³/mol. The fourth-order valence-corrected chi connectivity index (χ4v) is 1.86. The highest BCUT2D eigenvalue weighted by molar-refractivity contribution is 7.81. The van der Waals surface area contributed by atoms with Crippen LogP contribution in [0.4, 0.5) is 0 Å². The number of hydrogen-bond acceptors (Lipinski definition) is 2. The molecule has 0 aromatic rings. The molecule has 0 heterocycles. The van der Waals surface area contributed by atoms with Crippen molar-refractivity contribution in [3.63, 3.8) is 0 Å². The highest BCUT2D eigenvalue weighted by Gasteiger charge is 2.47. The Morgan fingerprint density at radius 3 is 1.89 bits per heavy atom. The standard InChI is InChI=1S/C7H15NS/c1-6(9)7(4-5-7)8(2)3/h6,9H,4-5H2,1-3H3. The van der Waals surface area contributed by atoms with Gasteiger partial charge in [-0.05, 0) is 26.9 Å². The van der Waals surface area contributed by atoms with Crippen LogP contribution in [0.2, 0.25) is 0 Å². The molecule has 0 radical (unpaired) electrons. The lowest BCUT2D eigenvalue weighted by Crippen LogP contribution is -2.36. The van der Waals surface area contributed by atoms with E-state index in [-0.39, 0.29) is 0 Å². The molecule has 54 valence electrons. The molecule has 1 unspecified atom stereocenters. The van der Waals surface area contributed by atoms with E-state index < -0.39 is 0 Å². The van der Waals surface area contributed by atoms with Gasteiger partial charge in [0.15, 0.2) is 0 Å². The maximum Gasteiger partial charge on any atom is 0.0318 e. The van der Waals surface area contributed by atoms with Crippen molar-refractivity contribution in [2.24, 2.45) is 0 Å². The van der Waals surface area contributed by atoms with Crippen molar-refractivity contribution in [2.45, 2.75) is 30.6 Å². The molecule has 0 amide bonds. The van der Waals surface area contributed by atoms with Gasteiger partial charge in [-0.2, -0.15) is 12.6 Å². The van der Waals surface area contributed by atoms with Crippen LogP contribution < -0.4 is 0 Å². The van der Waals surface area contributed by atoms with Crippen molar-refractivity contribution in [3.8, 4) is 0 Å². The Morgan fingerprint density at radius 2 is 1.89 bits per heavy atom. The Hall–Kier alpha value is 0.310. The van der Waals surface area contributed by atoms with E-state index in [0.717, 1.165) is 0 Å². The summed E-state index contributed by atoms with van der Waals surface area (Å²) in [7, 11) is 4.28. The van der Waals surface area contributed by atoms with Crippen LogP contribution in [0.15, 0.2) is 0 Å². The lowest BCUT2D eigenvalue weighted by molar-refractivity contribution is 0.271. The summed E-state index contributed by atoms with van der Waals surface area (Å²) < 4.78 is 0. The van der Waals surface area contributed by atoms with E-state index in [9.17, 15) is 0 Å². The number of hydrogen-bond donors (Lipinski definition) is 1.